The third kappa shape index (κ3) is 18.9. The second-order valence-electron chi connectivity index (χ2n) is 20.6. The van der Waals surface area contributed by atoms with Crippen LogP contribution in [-0.4, -0.2) is 105 Å². The van der Waals surface area contributed by atoms with Gasteiger partial charge in [-0.05, 0) is 179 Å². The number of carbonyl (C=O) groups is 8. The van der Waals surface area contributed by atoms with E-state index in [1.165, 1.54) is 148 Å². The van der Waals surface area contributed by atoms with Gasteiger partial charge in [0.1, 0.15) is 97.8 Å². The van der Waals surface area contributed by atoms with Crippen molar-refractivity contribution in [2.24, 2.45) is 0 Å². The maximum Gasteiger partial charge on any atom is 0.338 e. The zero-order chi connectivity index (χ0) is 69.7. The number of esters is 8. The summed E-state index contributed by atoms with van der Waals surface area (Å²) in [7, 11) is 9.49. The Kier molecular flexibility index (Phi) is 23.9. The summed E-state index contributed by atoms with van der Waals surface area (Å²) < 4.78 is 83.4. The number of benzene rings is 8. The Hall–Kier alpha value is -12.9. The van der Waals surface area contributed by atoms with Gasteiger partial charge in [0.25, 0.3) is 0 Å². The van der Waals surface area contributed by atoms with Gasteiger partial charge in [-0.3, -0.25) is 0 Å². The summed E-state index contributed by atoms with van der Waals surface area (Å²) in [6, 6.07) is 40.0. The first-order valence-corrected chi connectivity index (χ1v) is 28.8. The fourth-order valence-corrected chi connectivity index (χ4v) is 9.44. The van der Waals surface area contributed by atoms with Crippen molar-refractivity contribution < 1.29 is 109 Å². The highest BCUT2D eigenvalue weighted by Gasteiger charge is 2.21. The van der Waals surface area contributed by atoms with Gasteiger partial charge in [0.05, 0.1) is 113 Å². The number of hydrogen-bond donors (Lipinski definition) is 0. The minimum absolute atomic E-state index is 0.0129. The van der Waals surface area contributed by atoms with Gasteiger partial charge in [-0.25, -0.2) is 38.4 Å². The Morgan fingerprint density at radius 3 is 0.660 bits per heavy atom. The van der Waals surface area contributed by atoms with E-state index < -0.39 is 47.8 Å². The van der Waals surface area contributed by atoms with Crippen LogP contribution in [0.25, 0.3) is 0 Å². The molecule has 0 spiro atoms. The molecule has 25 nitrogen and oxygen atoms in total. The average molecular weight is 1320 g/mol. The van der Waals surface area contributed by atoms with E-state index in [1.54, 1.807) is 54.6 Å². The number of nitrogens with zero attached hydrogens (tertiary/aromatic N) is 2. The van der Waals surface area contributed by atoms with Crippen molar-refractivity contribution >= 4 is 47.8 Å². The Morgan fingerprint density at radius 1 is 0.247 bits per heavy atom. The SMILES string of the molecule is COC(=O)c1cc(OCc2cc(COc3cc(C(=O)OC)cc(C(=O)OC)c3)cc(OCc3cc(COc4cc(COc5cc(C(=O)OC)cc(C(=O)OC)c5)cc(COc5cc(C(=O)OC)cc(C(=O)OC)c5)c4)cc(Oc4ccc(C#N)c(C#N)c4)c3)c2)cc(C(=O)OC)c1. The van der Waals surface area contributed by atoms with E-state index in [4.69, 9.17) is 71.1 Å². The molecule has 0 saturated carbocycles. The maximum absolute atomic E-state index is 12.7. The molecular weight excluding hydrogens is 1260 g/mol. The van der Waals surface area contributed by atoms with E-state index in [-0.39, 0.29) is 141 Å². The smallest absolute Gasteiger partial charge is 0.338 e. The van der Waals surface area contributed by atoms with Crippen molar-refractivity contribution in [1.29, 1.82) is 10.5 Å². The van der Waals surface area contributed by atoms with Crippen molar-refractivity contribution in [3.63, 3.8) is 0 Å². The van der Waals surface area contributed by atoms with Crippen LogP contribution >= 0.6 is 0 Å². The summed E-state index contributed by atoms with van der Waals surface area (Å²) in [5.74, 6) is -4.45. The normalized spacial score (nSPS) is 10.4. The van der Waals surface area contributed by atoms with Crippen LogP contribution in [-0.2, 0) is 77.5 Å². The Morgan fingerprint density at radius 2 is 0.454 bits per heavy atom. The molecule has 0 heterocycles. The number of rotatable bonds is 28. The Bertz CT molecular complexity index is 3850. The predicted octanol–water partition coefficient (Wildman–Crippen LogP) is 11.0. The highest BCUT2D eigenvalue weighted by atomic mass is 16.6. The highest BCUT2D eigenvalue weighted by molar-refractivity contribution is 5.98. The molecule has 0 atom stereocenters. The number of nitriles is 2. The lowest BCUT2D eigenvalue weighted by Crippen LogP contribution is -2.08. The van der Waals surface area contributed by atoms with Crippen LogP contribution in [0.3, 0.4) is 0 Å². The van der Waals surface area contributed by atoms with Crippen molar-refractivity contribution in [2.45, 2.75) is 39.6 Å². The summed E-state index contributed by atoms with van der Waals surface area (Å²) in [5, 5.41) is 19.6. The molecule has 8 aromatic carbocycles. The van der Waals surface area contributed by atoms with Gasteiger partial charge in [-0.1, -0.05) is 0 Å². The summed E-state index contributed by atoms with van der Waals surface area (Å²) >= 11 is 0. The molecule has 0 aliphatic rings. The van der Waals surface area contributed by atoms with E-state index in [1.807, 2.05) is 12.1 Å². The van der Waals surface area contributed by atoms with Crippen LogP contribution in [0.4, 0.5) is 0 Å². The summed E-state index contributed by atoms with van der Waals surface area (Å²) in [6.07, 6.45) is 0. The molecule has 8 aromatic rings. The molecule has 0 aliphatic heterocycles. The largest absolute Gasteiger partial charge is 0.489 e. The molecular formula is C72H60N2O23. The lowest BCUT2D eigenvalue weighted by Gasteiger charge is -2.16. The molecule has 0 aromatic heterocycles. The maximum atomic E-state index is 12.7. The second kappa shape index (κ2) is 33.1. The zero-order valence-corrected chi connectivity index (χ0v) is 53.4. The summed E-state index contributed by atoms with van der Waals surface area (Å²) in [4.78, 5) is 101. The van der Waals surface area contributed by atoms with Crippen molar-refractivity contribution in [3.05, 3.63) is 235 Å². The molecule has 496 valence electrons. The van der Waals surface area contributed by atoms with Crippen LogP contribution in [0.1, 0.15) is 127 Å². The highest BCUT2D eigenvalue weighted by Crippen LogP contribution is 2.32. The molecule has 0 aliphatic carbocycles. The third-order valence-electron chi connectivity index (χ3n) is 14.0. The molecule has 0 saturated heterocycles. The Labute approximate surface area is 554 Å². The van der Waals surface area contributed by atoms with Crippen LogP contribution in [0.5, 0.6) is 46.0 Å². The summed E-state index contributed by atoms with van der Waals surface area (Å²) in [6.45, 7) is -0.955. The van der Waals surface area contributed by atoms with Gasteiger partial charge >= 0.3 is 47.8 Å². The topological polar surface area (TPSA) is 323 Å². The first kappa shape index (κ1) is 70.0. The standard InChI is InChI=1S/C72H60N2O23/c1-83-65(75)48-20-49(66(76)84-2)25-60(24-48)93-35-41-11-42(36-94-61-26-50(67(77)85-3)21-51(27-61)68(78)86-4)15-58(14-41)91-39-45-13-46(19-64(18-45)97-57-10-9-47(33-73)56(32-57)34-74)40-92-59-16-43(37-95-62-28-52(69(79)87-5)22-53(29-62)70(80)88-6)12-44(17-59)38-96-63-30-54(71(81)89-7)23-55(31-63)72(82)90-8/h9-32H,35-40H2,1-8H3. The molecule has 8 rings (SSSR count). The number of carbonyl (C=O) groups excluding carboxylic acids is 8. The van der Waals surface area contributed by atoms with Gasteiger partial charge in [-0.15, -0.1) is 0 Å². The molecule has 0 unspecified atom stereocenters. The van der Waals surface area contributed by atoms with Gasteiger partial charge in [-0.2, -0.15) is 10.5 Å². The van der Waals surface area contributed by atoms with Crippen LogP contribution in [0.15, 0.2) is 146 Å². The molecule has 0 radical (unpaired) electrons. The first-order chi connectivity index (χ1) is 46.8. The third-order valence-corrected chi connectivity index (χ3v) is 14.0. The van der Waals surface area contributed by atoms with E-state index in [0.29, 0.717) is 33.4 Å². The minimum atomic E-state index is -0.739. The number of methoxy groups -OCH3 is 8. The first-order valence-electron chi connectivity index (χ1n) is 28.8. The van der Waals surface area contributed by atoms with E-state index in [2.05, 4.69) is 0 Å². The quantitative estimate of drug-likeness (QED) is 0.0325. The van der Waals surface area contributed by atoms with E-state index >= 15 is 0 Å². The van der Waals surface area contributed by atoms with E-state index in [9.17, 15) is 48.9 Å². The van der Waals surface area contributed by atoms with Crippen molar-refractivity contribution in [1.82, 2.24) is 0 Å². The van der Waals surface area contributed by atoms with E-state index in [0.717, 1.165) is 0 Å². The van der Waals surface area contributed by atoms with Crippen molar-refractivity contribution in [3.8, 4) is 58.1 Å². The van der Waals surface area contributed by atoms with Gasteiger partial charge in [0.2, 0.25) is 0 Å². The lowest BCUT2D eigenvalue weighted by molar-refractivity contribution is 0.0580. The molecule has 25 heteroatoms. The number of ether oxygens (including phenoxy) is 15. The minimum Gasteiger partial charge on any atom is -0.489 e. The molecule has 0 fully saturated rings. The lowest BCUT2D eigenvalue weighted by atomic mass is 10.1. The van der Waals surface area contributed by atoms with Gasteiger partial charge in [0.15, 0.2) is 0 Å². The van der Waals surface area contributed by atoms with Crippen molar-refractivity contribution in [2.75, 3.05) is 56.9 Å². The van der Waals surface area contributed by atoms with Crippen LogP contribution in [0.2, 0.25) is 0 Å². The predicted molar refractivity (Wildman–Crippen MR) is 338 cm³/mol. The zero-order valence-electron chi connectivity index (χ0n) is 53.4. The molecule has 0 amide bonds. The second-order valence-corrected chi connectivity index (χ2v) is 20.6. The van der Waals surface area contributed by atoms with Crippen LogP contribution in [0, 0.1) is 22.7 Å². The number of hydrogen-bond acceptors (Lipinski definition) is 25. The van der Waals surface area contributed by atoms with Crippen LogP contribution < -0.4 is 33.2 Å². The summed E-state index contributed by atoms with van der Waals surface area (Å²) in [5.41, 5.74) is 3.33. The average Bonchev–Trinajstić information content (AvgIpc) is 1.16. The fraction of sp³-hybridized carbons (Fsp3) is 0.194. The fourth-order valence-electron chi connectivity index (χ4n) is 9.44. The van der Waals surface area contributed by atoms with Gasteiger partial charge < -0.3 is 71.1 Å². The molecule has 97 heavy (non-hydrogen) atoms. The Balaban J connectivity index is 1.15. The molecule has 0 N–H and O–H groups in total. The molecule has 0 bridgehead atoms. The van der Waals surface area contributed by atoms with Gasteiger partial charge in [0, 0.05) is 0 Å². The monoisotopic (exact) mass is 1320 g/mol.